The Balaban J connectivity index is 1.94. The predicted molar refractivity (Wildman–Crippen MR) is 96.8 cm³/mol. The van der Waals surface area contributed by atoms with Gasteiger partial charge >= 0.3 is 0 Å². The molecule has 1 aromatic carbocycles. The van der Waals surface area contributed by atoms with Crippen molar-refractivity contribution in [2.75, 3.05) is 17.8 Å². The highest BCUT2D eigenvalue weighted by Crippen LogP contribution is 2.23. The van der Waals surface area contributed by atoms with Gasteiger partial charge in [-0.2, -0.15) is 16.9 Å². The first kappa shape index (κ1) is 17.7. The maximum absolute atomic E-state index is 12.1. The third-order valence-electron chi connectivity index (χ3n) is 2.75. The first-order chi connectivity index (χ1) is 10.6. The maximum atomic E-state index is 12.1. The van der Waals surface area contributed by atoms with Crippen molar-refractivity contribution in [3.8, 4) is 0 Å². The van der Waals surface area contributed by atoms with Crippen molar-refractivity contribution in [1.82, 2.24) is 9.78 Å². The van der Waals surface area contributed by atoms with Crippen molar-refractivity contribution in [3.63, 3.8) is 0 Å². The number of benzene rings is 1. The van der Waals surface area contributed by atoms with Gasteiger partial charge in [-0.25, -0.2) is 4.68 Å². The zero-order chi connectivity index (χ0) is 15.9. The lowest BCUT2D eigenvalue weighted by Crippen LogP contribution is -2.19. The molecule has 2 rings (SSSR count). The molecule has 1 unspecified atom stereocenters. The average molecular weight is 373 g/mol. The van der Waals surface area contributed by atoms with Crippen molar-refractivity contribution in [2.45, 2.75) is 17.0 Å². The Morgan fingerprint density at radius 3 is 2.86 bits per heavy atom. The lowest BCUT2D eigenvalue weighted by Gasteiger charge is -2.07. The number of carbonyl (C=O) groups is 1. The van der Waals surface area contributed by atoms with Crippen LogP contribution in [0, 0.1) is 3.95 Å². The molecule has 0 spiro atoms. The van der Waals surface area contributed by atoms with Gasteiger partial charge in [-0.15, -0.1) is 0 Å². The van der Waals surface area contributed by atoms with Crippen molar-refractivity contribution >= 4 is 52.9 Å². The summed E-state index contributed by atoms with van der Waals surface area (Å²) in [7, 11) is 0. The van der Waals surface area contributed by atoms with Crippen LogP contribution in [0.5, 0.6) is 0 Å². The molecule has 0 aliphatic rings. The maximum Gasteiger partial charge on any atom is 0.180 e. The average Bonchev–Trinajstić information content (AvgIpc) is 2.86. The summed E-state index contributed by atoms with van der Waals surface area (Å²) in [4.78, 5) is 12.1. The first-order valence-corrected chi connectivity index (χ1v) is 10.2. The molecule has 0 aliphatic carbocycles. The molecule has 0 amide bonds. The van der Waals surface area contributed by atoms with Gasteiger partial charge in [-0.05, 0) is 18.5 Å². The van der Waals surface area contributed by atoms with E-state index in [1.54, 1.807) is 16.4 Å². The van der Waals surface area contributed by atoms with E-state index in [9.17, 15) is 9.90 Å². The SMILES string of the molecule is CSCC(O)Cn1nc(SCC(=O)c2ccccc2)sc1=S. The molecule has 0 aliphatic heterocycles. The van der Waals surface area contributed by atoms with Gasteiger partial charge in [0.15, 0.2) is 14.1 Å². The van der Waals surface area contributed by atoms with E-state index >= 15 is 0 Å². The third kappa shape index (κ3) is 5.20. The number of aliphatic hydroxyl groups excluding tert-OH is 1. The van der Waals surface area contributed by atoms with E-state index in [1.165, 1.54) is 23.1 Å². The molecule has 22 heavy (non-hydrogen) atoms. The summed E-state index contributed by atoms with van der Waals surface area (Å²) in [6.45, 7) is 0.392. The second-order valence-electron chi connectivity index (χ2n) is 4.50. The van der Waals surface area contributed by atoms with Crippen LogP contribution in [-0.4, -0.2) is 44.5 Å². The van der Waals surface area contributed by atoms with Gasteiger partial charge in [0, 0.05) is 11.3 Å². The monoisotopic (exact) mass is 372 g/mol. The van der Waals surface area contributed by atoms with Crippen molar-refractivity contribution in [2.24, 2.45) is 0 Å². The molecule has 8 heteroatoms. The summed E-state index contributed by atoms with van der Waals surface area (Å²) in [5.74, 6) is 1.05. The number of Topliss-reactive ketones (excluding diaryl/α,β-unsaturated/α-hetero) is 1. The Bertz CT molecular complexity index is 669. The number of thioether (sulfide) groups is 2. The normalized spacial score (nSPS) is 12.3. The molecule has 2 aromatic rings. The van der Waals surface area contributed by atoms with E-state index in [1.807, 2.05) is 36.6 Å². The highest BCUT2D eigenvalue weighted by molar-refractivity contribution is 8.01. The van der Waals surface area contributed by atoms with E-state index in [4.69, 9.17) is 12.2 Å². The Kier molecular flexibility index (Phi) is 7.10. The van der Waals surface area contributed by atoms with E-state index < -0.39 is 6.10 Å². The summed E-state index contributed by atoms with van der Waals surface area (Å²) < 4.78 is 3.01. The first-order valence-electron chi connectivity index (χ1n) is 6.56. The molecular formula is C14H16N2O2S4. The second-order valence-corrected chi connectivity index (χ2v) is 8.26. The lowest BCUT2D eigenvalue weighted by molar-refractivity contribution is 0.102. The standard InChI is InChI=1S/C14H16N2O2S4/c1-20-8-11(17)7-16-14(19)22-13(15-16)21-9-12(18)10-5-3-2-4-6-10/h2-6,11,17H,7-9H2,1H3. The molecule has 1 atom stereocenters. The van der Waals surface area contributed by atoms with Crippen LogP contribution < -0.4 is 0 Å². The van der Waals surface area contributed by atoms with Gasteiger partial charge in [-0.3, -0.25) is 4.79 Å². The second kappa shape index (κ2) is 8.83. The van der Waals surface area contributed by atoms with E-state index in [0.717, 1.165) is 4.34 Å². The van der Waals surface area contributed by atoms with Gasteiger partial charge in [0.1, 0.15) is 0 Å². The van der Waals surface area contributed by atoms with Crippen molar-refractivity contribution < 1.29 is 9.90 Å². The van der Waals surface area contributed by atoms with Gasteiger partial charge < -0.3 is 5.11 Å². The molecule has 1 heterocycles. The zero-order valence-corrected chi connectivity index (χ0v) is 15.2. The van der Waals surface area contributed by atoms with E-state index in [-0.39, 0.29) is 5.78 Å². The van der Waals surface area contributed by atoms with E-state index in [0.29, 0.717) is 27.6 Å². The highest BCUT2D eigenvalue weighted by Gasteiger charge is 2.12. The quantitative estimate of drug-likeness (QED) is 0.436. The Hall–Kier alpha value is -0.670. The summed E-state index contributed by atoms with van der Waals surface area (Å²) >= 11 is 9.59. The fourth-order valence-corrected chi connectivity index (χ4v) is 4.48. The largest absolute Gasteiger partial charge is 0.390 e. The number of hydrogen-bond donors (Lipinski definition) is 1. The van der Waals surface area contributed by atoms with Gasteiger partial charge in [0.05, 0.1) is 18.4 Å². The fraction of sp³-hybridized carbons (Fsp3) is 0.357. The zero-order valence-electron chi connectivity index (χ0n) is 12.0. The smallest absolute Gasteiger partial charge is 0.180 e. The Morgan fingerprint density at radius 1 is 1.45 bits per heavy atom. The van der Waals surface area contributed by atoms with Crippen molar-refractivity contribution in [3.05, 3.63) is 39.8 Å². The van der Waals surface area contributed by atoms with Gasteiger partial charge in [0.25, 0.3) is 0 Å². The minimum Gasteiger partial charge on any atom is -0.390 e. The number of nitrogens with zero attached hydrogens (tertiary/aromatic N) is 2. The highest BCUT2D eigenvalue weighted by atomic mass is 32.2. The van der Waals surface area contributed by atoms with Crippen LogP contribution >= 0.6 is 47.1 Å². The number of hydrogen-bond acceptors (Lipinski definition) is 7. The molecular weight excluding hydrogens is 356 g/mol. The van der Waals surface area contributed by atoms with E-state index in [2.05, 4.69) is 5.10 Å². The van der Waals surface area contributed by atoms with Gasteiger partial charge in [0.2, 0.25) is 0 Å². The number of carbonyl (C=O) groups excluding carboxylic acids is 1. The predicted octanol–water partition coefficient (Wildman–Crippen LogP) is 3.37. The van der Waals surface area contributed by atoms with Crippen LogP contribution in [0.25, 0.3) is 0 Å². The fourth-order valence-electron chi connectivity index (χ4n) is 1.74. The molecule has 1 N–H and O–H groups in total. The lowest BCUT2D eigenvalue weighted by atomic mass is 10.2. The summed E-state index contributed by atoms with van der Waals surface area (Å²) in [6, 6.07) is 9.20. The molecule has 4 nitrogen and oxygen atoms in total. The summed E-state index contributed by atoms with van der Waals surface area (Å²) in [5, 5.41) is 14.2. The molecule has 1 aromatic heterocycles. The summed E-state index contributed by atoms with van der Waals surface area (Å²) in [6.07, 6.45) is 1.48. The Labute approximate surface area is 146 Å². The van der Waals surface area contributed by atoms with Crippen LogP contribution in [0.15, 0.2) is 34.7 Å². The van der Waals surface area contributed by atoms with Crippen LogP contribution in [0.1, 0.15) is 10.4 Å². The Morgan fingerprint density at radius 2 is 2.18 bits per heavy atom. The summed E-state index contributed by atoms with van der Waals surface area (Å²) in [5.41, 5.74) is 0.702. The molecule has 0 fully saturated rings. The van der Waals surface area contributed by atoms with Crippen molar-refractivity contribution in [1.29, 1.82) is 0 Å². The van der Waals surface area contributed by atoms with Crippen LogP contribution in [0.3, 0.4) is 0 Å². The molecule has 118 valence electrons. The topological polar surface area (TPSA) is 55.1 Å². The molecule has 0 saturated heterocycles. The minimum atomic E-state index is -0.465. The number of aliphatic hydroxyl groups is 1. The van der Waals surface area contributed by atoms with Crippen LogP contribution in [0.4, 0.5) is 0 Å². The molecule has 0 saturated carbocycles. The number of ketones is 1. The number of aromatic nitrogens is 2. The van der Waals surface area contributed by atoms with Crippen LogP contribution in [0.2, 0.25) is 0 Å². The van der Waals surface area contributed by atoms with Crippen LogP contribution in [-0.2, 0) is 6.54 Å². The third-order valence-corrected chi connectivity index (χ3v) is 5.91. The molecule has 0 radical (unpaired) electrons. The minimum absolute atomic E-state index is 0.0701. The molecule has 0 bridgehead atoms. The number of rotatable bonds is 8. The van der Waals surface area contributed by atoms with Gasteiger partial charge in [-0.1, -0.05) is 53.4 Å².